The lowest BCUT2D eigenvalue weighted by molar-refractivity contribution is 0.0523. The largest absolute Gasteiger partial charge is 0.507 e. The Kier molecular flexibility index (Phi) is 4.64. The topological polar surface area (TPSA) is 58.6 Å². The zero-order valence-corrected chi connectivity index (χ0v) is 9.62. The van der Waals surface area contributed by atoms with E-state index in [0.717, 1.165) is 18.7 Å². The first-order valence-corrected chi connectivity index (χ1v) is 5.43. The molecule has 0 aliphatic rings. The molecule has 2 N–H and O–H groups in total. The predicted molar refractivity (Wildman–Crippen MR) is 62.8 cm³/mol. The summed E-state index contributed by atoms with van der Waals surface area (Å²) < 4.78 is 4.81. The van der Waals surface area contributed by atoms with Gasteiger partial charge in [-0.25, -0.2) is 4.79 Å². The fourth-order valence-electron chi connectivity index (χ4n) is 1.29. The van der Waals surface area contributed by atoms with Crippen molar-refractivity contribution < 1.29 is 14.6 Å². The van der Waals surface area contributed by atoms with Crippen LogP contribution in [0.1, 0.15) is 30.6 Å². The van der Waals surface area contributed by atoms with Crippen LogP contribution in [0.5, 0.6) is 5.75 Å². The van der Waals surface area contributed by atoms with Crippen LogP contribution in [0.15, 0.2) is 18.2 Å². The molecule has 0 radical (unpaired) electrons. The molecule has 4 nitrogen and oxygen atoms in total. The van der Waals surface area contributed by atoms with Crippen molar-refractivity contribution in [1.82, 2.24) is 0 Å². The Labute approximate surface area is 95.2 Å². The van der Waals surface area contributed by atoms with Gasteiger partial charge in [0.15, 0.2) is 0 Å². The highest BCUT2D eigenvalue weighted by Crippen LogP contribution is 2.22. The number of phenolic OH excluding ortho intramolecular Hbond substituents is 1. The van der Waals surface area contributed by atoms with Crippen molar-refractivity contribution in [3.05, 3.63) is 23.8 Å². The second kappa shape index (κ2) is 6.00. The van der Waals surface area contributed by atoms with E-state index in [1.165, 1.54) is 6.07 Å². The molecule has 0 heterocycles. The maximum Gasteiger partial charge on any atom is 0.341 e. The highest BCUT2D eigenvalue weighted by atomic mass is 16.5. The van der Waals surface area contributed by atoms with Crippen LogP contribution in [0.25, 0.3) is 0 Å². The summed E-state index contributed by atoms with van der Waals surface area (Å²) in [5, 5.41) is 12.8. The van der Waals surface area contributed by atoms with E-state index in [1.54, 1.807) is 19.1 Å². The van der Waals surface area contributed by atoms with Gasteiger partial charge in [0.2, 0.25) is 0 Å². The fraction of sp³-hybridized carbons (Fsp3) is 0.417. The SMILES string of the molecule is CCCNc1ccc(C(=O)OCC)c(O)c1. The molecule has 1 aromatic carbocycles. The molecule has 16 heavy (non-hydrogen) atoms. The second-order valence-electron chi connectivity index (χ2n) is 3.38. The van der Waals surface area contributed by atoms with Gasteiger partial charge in [-0.05, 0) is 25.5 Å². The van der Waals surface area contributed by atoms with Gasteiger partial charge in [0.1, 0.15) is 11.3 Å². The standard InChI is InChI=1S/C12H17NO3/c1-3-7-13-9-5-6-10(11(14)8-9)12(15)16-4-2/h5-6,8,13-14H,3-4,7H2,1-2H3. The number of ether oxygens (including phenoxy) is 1. The lowest BCUT2D eigenvalue weighted by atomic mass is 10.2. The van der Waals surface area contributed by atoms with Gasteiger partial charge in [-0.15, -0.1) is 0 Å². The van der Waals surface area contributed by atoms with Crippen molar-refractivity contribution in [3.8, 4) is 5.75 Å². The van der Waals surface area contributed by atoms with E-state index in [9.17, 15) is 9.90 Å². The first-order chi connectivity index (χ1) is 7.69. The molecule has 0 spiro atoms. The number of nitrogens with one attached hydrogen (secondary N) is 1. The Bertz CT molecular complexity index is 363. The molecule has 0 bridgehead atoms. The lowest BCUT2D eigenvalue weighted by Crippen LogP contribution is -2.06. The number of phenols is 1. The summed E-state index contributed by atoms with van der Waals surface area (Å²) in [7, 11) is 0. The predicted octanol–water partition coefficient (Wildman–Crippen LogP) is 2.39. The van der Waals surface area contributed by atoms with Crippen LogP contribution in [0.2, 0.25) is 0 Å². The van der Waals surface area contributed by atoms with Gasteiger partial charge in [-0.2, -0.15) is 0 Å². The van der Waals surface area contributed by atoms with Crippen LogP contribution in [0, 0.1) is 0 Å². The number of benzene rings is 1. The second-order valence-corrected chi connectivity index (χ2v) is 3.38. The zero-order valence-electron chi connectivity index (χ0n) is 9.62. The molecule has 88 valence electrons. The first kappa shape index (κ1) is 12.4. The Morgan fingerprint density at radius 3 is 2.75 bits per heavy atom. The molecule has 1 aromatic rings. The van der Waals surface area contributed by atoms with E-state index in [4.69, 9.17) is 4.74 Å². The summed E-state index contributed by atoms with van der Waals surface area (Å²) in [6.45, 7) is 4.91. The number of aromatic hydroxyl groups is 1. The third kappa shape index (κ3) is 3.15. The van der Waals surface area contributed by atoms with Crippen LogP contribution < -0.4 is 5.32 Å². The molecule has 0 aliphatic heterocycles. The van der Waals surface area contributed by atoms with Crippen LogP contribution in [-0.2, 0) is 4.74 Å². The van der Waals surface area contributed by atoms with Gasteiger partial charge in [0.25, 0.3) is 0 Å². The Hall–Kier alpha value is -1.71. The van der Waals surface area contributed by atoms with Crippen molar-refractivity contribution >= 4 is 11.7 Å². The van der Waals surface area contributed by atoms with Gasteiger partial charge in [0.05, 0.1) is 6.61 Å². The maximum absolute atomic E-state index is 11.4. The normalized spacial score (nSPS) is 9.88. The van der Waals surface area contributed by atoms with Crippen molar-refractivity contribution in [3.63, 3.8) is 0 Å². The molecular weight excluding hydrogens is 206 g/mol. The monoisotopic (exact) mass is 223 g/mol. The molecule has 4 heteroatoms. The number of hydrogen-bond acceptors (Lipinski definition) is 4. The van der Waals surface area contributed by atoms with E-state index < -0.39 is 5.97 Å². The molecule has 0 unspecified atom stereocenters. The maximum atomic E-state index is 11.4. The zero-order chi connectivity index (χ0) is 12.0. The molecule has 0 aliphatic carbocycles. The van der Waals surface area contributed by atoms with Gasteiger partial charge >= 0.3 is 5.97 Å². The average Bonchev–Trinajstić information content (AvgIpc) is 2.26. The summed E-state index contributed by atoms with van der Waals surface area (Å²) in [6.07, 6.45) is 1.00. The van der Waals surface area contributed by atoms with E-state index in [2.05, 4.69) is 12.2 Å². The van der Waals surface area contributed by atoms with E-state index >= 15 is 0 Å². The highest BCUT2D eigenvalue weighted by Gasteiger charge is 2.11. The molecule has 0 fully saturated rings. The number of carbonyl (C=O) groups excluding carboxylic acids is 1. The molecule has 1 rings (SSSR count). The van der Waals surface area contributed by atoms with Crippen LogP contribution in [0.4, 0.5) is 5.69 Å². The van der Waals surface area contributed by atoms with Crippen LogP contribution in [0.3, 0.4) is 0 Å². The number of anilines is 1. The average molecular weight is 223 g/mol. The van der Waals surface area contributed by atoms with Crippen LogP contribution >= 0.6 is 0 Å². The Morgan fingerprint density at radius 1 is 1.44 bits per heavy atom. The first-order valence-electron chi connectivity index (χ1n) is 5.43. The molecule has 0 atom stereocenters. The van der Waals surface area contributed by atoms with Crippen molar-refractivity contribution in [2.45, 2.75) is 20.3 Å². The van der Waals surface area contributed by atoms with Crippen molar-refractivity contribution in [1.29, 1.82) is 0 Å². The number of rotatable bonds is 5. The lowest BCUT2D eigenvalue weighted by Gasteiger charge is -2.08. The third-order valence-corrected chi connectivity index (χ3v) is 2.07. The highest BCUT2D eigenvalue weighted by molar-refractivity contribution is 5.93. The molecule has 0 saturated carbocycles. The van der Waals surface area contributed by atoms with Gasteiger partial charge in [-0.1, -0.05) is 6.92 Å². The smallest absolute Gasteiger partial charge is 0.341 e. The summed E-state index contributed by atoms with van der Waals surface area (Å²) in [5.74, 6) is -0.554. The Morgan fingerprint density at radius 2 is 2.19 bits per heavy atom. The summed E-state index contributed by atoms with van der Waals surface area (Å²) in [5.41, 5.74) is 0.997. The molecule has 0 amide bonds. The van der Waals surface area contributed by atoms with Crippen molar-refractivity contribution in [2.75, 3.05) is 18.5 Å². The third-order valence-electron chi connectivity index (χ3n) is 2.07. The Balaban J connectivity index is 2.78. The quantitative estimate of drug-likeness (QED) is 0.752. The minimum atomic E-state index is -0.498. The van der Waals surface area contributed by atoms with Crippen LogP contribution in [-0.4, -0.2) is 24.2 Å². The minimum absolute atomic E-state index is 0.0560. The summed E-state index contributed by atoms with van der Waals surface area (Å²) >= 11 is 0. The summed E-state index contributed by atoms with van der Waals surface area (Å²) in [6, 6.07) is 4.84. The fourth-order valence-corrected chi connectivity index (χ4v) is 1.29. The van der Waals surface area contributed by atoms with Crippen molar-refractivity contribution in [2.24, 2.45) is 0 Å². The van der Waals surface area contributed by atoms with Gasteiger partial charge in [-0.3, -0.25) is 0 Å². The van der Waals surface area contributed by atoms with E-state index in [-0.39, 0.29) is 11.3 Å². The molecule has 0 saturated heterocycles. The molecule has 0 aromatic heterocycles. The van der Waals surface area contributed by atoms with E-state index in [0.29, 0.717) is 6.61 Å². The van der Waals surface area contributed by atoms with Gasteiger partial charge in [0, 0.05) is 18.3 Å². The van der Waals surface area contributed by atoms with Gasteiger partial charge < -0.3 is 15.2 Å². The minimum Gasteiger partial charge on any atom is -0.507 e. The number of esters is 1. The van der Waals surface area contributed by atoms with E-state index in [1.807, 2.05) is 0 Å². The number of hydrogen-bond donors (Lipinski definition) is 2. The number of carbonyl (C=O) groups is 1. The summed E-state index contributed by atoms with van der Waals surface area (Å²) in [4.78, 5) is 11.4. The molecular formula is C12H17NO3.